The van der Waals surface area contributed by atoms with Crippen molar-refractivity contribution in [2.24, 2.45) is 5.73 Å². The smallest absolute Gasteiger partial charge is 0.230 e. The third-order valence-electron chi connectivity index (χ3n) is 2.25. The maximum atomic E-state index is 11.8. The molecule has 15 heavy (non-hydrogen) atoms. The fourth-order valence-corrected chi connectivity index (χ4v) is 1.65. The van der Waals surface area contributed by atoms with E-state index in [1.807, 2.05) is 24.3 Å². The Labute approximate surface area is 98.4 Å². The molecule has 0 fully saturated rings. The monoisotopic (exact) mass is 270 g/mol. The second kappa shape index (κ2) is 5.28. The highest BCUT2D eigenvalue weighted by Crippen LogP contribution is 2.19. The number of nitrogens with zero attached hydrogens (tertiary/aromatic N) is 1. The number of hydrogen-bond donors (Lipinski definition) is 1. The summed E-state index contributed by atoms with van der Waals surface area (Å²) in [5, 5.41) is 0. The lowest BCUT2D eigenvalue weighted by Crippen LogP contribution is -2.32. The Morgan fingerprint density at radius 2 is 1.93 bits per heavy atom. The van der Waals surface area contributed by atoms with Gasteiger partial charge in [0.25, 0.3) is 0 Å². The van der Waals surface area contributed by atoms with Crippen LogP contribution in [-0.2, 0) is 4.79 Å². The SMILES string of the molecule is CN(C)C(=O)C(CN)c1ccc(Br)cc1. The first-order valence-corrected chi connectivity index (χ1v) is 5.52. The van der Waals surface area contributed by atoms with Gasteiger partial charge in [0, 0.05) is 25.1 Å². The highest BCUT2D eigenvalue weighted by molar-refractivity contribution is 9.10. The van der Waals surface area contributed by atoms with E-state index in [1.165, 1.54) is 0 Å². The van der Waals surface area contributed by atoms with Crippen LogP contribution >= 0.6 is 15.9 Å². The molecule has 1 rings (SSSR count). The number of rotatable bonds is 3. The van der Waals surface area contributed by atoms with Crippen molar-refractivity contribution >= 4 is 21.8 Å². The highest BCUT2D eigenvalue weighted by Gasteiger charge is 2.20. The molecule has 0 saturated heterocycles. The molecule has 0 saturated carbocycles. The molecule has 82 valence electrons. The maximum absolute atomic E-state index is 11.8. The number of amides is 1. The van der Waals surface area contributed by atoms with Gasteiger partial charge < -0.3 is 10.6 Å². The van der Waals surface area contributed by atoms with Gasteiger partial charge in [0.15, 0.2) is 0 Å². The van der Waals surface area contributed by atoms with Gasteiger partial charge in [-0.05, 0) is 17.7 Å². The molecule has 0 heterocycles. The van der Waals surface area contributed by atoms with Crippen LogP contribution in [0.2, 0.25) is 0 Å². The molecule has 0 aliphatic carbocycles. The molecule has 1 unspecified atom stereocenters. The Kier molecular flexibility index (Phi) is 4.29. The minimum absolute atomic E-state index is 0.0415. The van der Waals surface area contributed by atoms with E-state index in [0.29, 0.717) is 6.54 Å². The number of carbonyl (C=O) groups is 1. The number of carbonyl (C=O) groups excluding carboxylic acids is 1. The molecule has 2 N–H and O–H groups in total. The minimum Gasteiger partial charge on any atom is -0.348 e. The first-order chi connectivity index (χ1) is 7.06. The van der Waals surface area contributed by atoms with Gasteiger partial charge in [-0.1, -0.05) is 28.1 Å². The number of halogens is 1. The summed E-state index contributed by atoms with van der Waals surface area (Å²) in [6.07, 6.45) is 0. The normalized spacial score (nSPS) is 12.3. The first kappa shape index (κ1) is 12.2. The molecule has 0 bridgehead atoms. The molecule has 3 nitrogen and oxygen atoms in total. The second-order valence-corrected chi connectivity index (χ2v) is 4.49. The van der Waals surface area contributed by atoms with Crippen LogP contribution in [0.4, 0.5) is 0 Å². The van der Waals surface area contributed by atoms with E-state index in [0.717, 1.165) is 10.0 Å². The lowest BCUT2D eigenvalue weighted by molar-refractivity contribution is -0.130. The predicted molar refractivity (Wildman–Crippen MR) is 64.6 cm³/mol. The first-order valence-electron chi connectivity index (χ1n) is 4.73. The molecule has 0 aliphatic rings. The average Bonchev–Trinajstić information content (AvgIpc) is 2.21. The Bertz CT molecular complexity index is 335. The number of hydrogen-bond acceptors (Lipinski definition) is 2. The third-order valence-corrected chi connectivity index (χ3v) is 2.78. The van der Waals surface area contributed by atoms with Gasteiger partial charge >= 0.3 is 0 Å². The van der Waals surface area contributed by atoms with Crippen LogP contribution in [0.5, 0.6) is 0 Å². The summed E-state index contributed by atoms with van der Waals surface area (Å²) in [7, 11) is 3.48. The lowest BCUT2D eigenvalue weighted by Gasteiger charge is -2.19. The van der Waals surface area contributed by atoms with Gasteiger partial charge in [-0.3, -0.25) is 4.79 Å². The molecular formula is C11H15BrN2O. The summed E-state index contributed by atoms with van der Waals surface area (Å²) in [6, 6.07) is 7.67. The van der Waals surface area contributed by atoms with Crippen molar-refractivity contribution < 1.29 is 4.79 Å². The Hall–Kier alpha value is -0.870. The summed E-state index contributed by atoms with van der Waals surface area (Å²) in [5.74, 6) is -0.201. The van der Waals surface area contributed by atoms with E-state index in [1.54, 1.807) is 19.0 Å². The van der Waals surface area contributed by atoms with Crippen LogP contribution in [0.25, 0.3) is 0 Å². The van der Waals surface area contributed by atoms with E-state index < -0.39 is 0 Å². The fourth-order valence-electron chi connectivity index (χ4n) is 1.39. The van der Waals surface area contributed by atoms with Crippen LogP contribution < -0.4 is 5.73 Å². The summed E-state index contributed by atoms with van der Waals surface area (Å²) in [5.41, 5.74) is 6.58. The summed E-state index contributed by atoms with van der Waals surface area (Å²) >= 11 is 3.36. The van der Waals surface area contributed by atoms with Crippen LogP contribution in [0.1, 0.15) is 11.5 Å². The third kappa shape index (κ3) is 3.04. The second-order valence-electron chi connectivity index (χ2n) is 3.57. The van der Waals surface area contributed by atoms with Crippen molar-refractivity contribution in [1.29, 1.82) is 0 Å². The number of nitrogens with two attached hydrogens (primary N) is 1. The van der Waals surface area contributed by atoms with E-state index in [9.17, 15) is 4.79 Å². The Balaban J connectivity index is 2.92. The molecule has 0 aliphatic heterocycles. The molecule has 1 atom stereocenters. The topological polar surface area (TPSA) is 46.3 Å². The van der Waals surface area contributed by atoms with Gasteiger partial charge in [0.2, 0.25) is 5.91 Å². The van der Waals surface area contributed by atoms with Crippen LogP contribution in [0.3, 0.4) is 0 Å². The Morgan fingerprint density at radius 1 is 1.40 bits per heavy atom. The van der Waals surface area contributed by atoms with Crippen molar-refractivity contribution in [3.05, 3.63) is 34.3 Å². The van der Waals surface area contributed by atoms with Gasteiger partial charge in [-0.25, -0.2) is 0 Å². The summed E-state index contributed by atoms with van der Waals surface area (Å²) in [4.78, 5) is 13.4. The van der Waals surface area contributed by atoms with Crippen molar-refractivity contribution in [2.75, 3.05) is 20.6 Å². The maximum Gasteiger partial charge on any atom is 0.230 e. The lowest BCUT2D eigenvalue weighted by atomic mass is 9.98. The quantitative estimate of drug-likeness (QED) is 0.907. The standard InChI is InChI=1S/C11H15BrN2O/c1-14(2)11(15)10(7-13)8-3-5-9(12)6-4-8/h3-6,10H,7,13H2,1-2H3. The largest absolute Gasteiger partial charge is 0.348 e. The van der Waals surface area contributed by atoms with E-state index in [4.69, 9.17) is 5.73 Å². The van der Waals surface area contributed by atoms with E-state index in [-0.39, 0.29) is 11.8 Å². The van der Waals surface area contributed by atoms with Crippen molar-refractivity contribution in [3.63, 3.8) is 0 Å². The molecule has 1 aromatic carbocycles. The van der Waals surface area contributed by atoms with Gasteiger partial charge in [0.05, 0.1) is 5.92 Å². The molecule has 1 amide bonds. The summed E-state index contributed by atoms with van der Waals surface area (Å²) in [6.45, 7) is 0.332. The van der Waals surface area contributed by atoms with E-state index >= 15 is 0 Å². The number of likely N-dealkylation sites (N-methyl/N-ethyl adjacent to an activating group) is 1. The van der Waals surface area contributed by atoms with Crippen molar-refractivity contribution in [3.8, 4) is 0 Å². The summed E-state index contributed by atoms with van der Waals surface area (Å²) < 4.78 is 0.999. The van der Waals surface area contributed by atoms with Crippen LogP contribution in [0.15, 0.2) is 28.7 Å². The zero-order valence-electron chi connectivity index (χ0n) is 8.90. The molecule has 1 aromatic rings. The zero-order valence-corrected chi connectivity index (χ0v) is 10.5. The van der Waals surface area contributed by atoms with Crippen LogP contribution in [0, 0.1) is 0 Å². The molecular weight excluding hydrogens is 256 g/mol. The molecule has 0 spiro atoms. The Morgan fingerprint density at radius 3 is 2.33 bits per heavy atom. The van der Waals surface area contributed by atoms with Crippen LogP contribution in [-0.4, -0.2) is 31.4 Å². The predicted octanol–water partition coefficient (Wildman–Crippen LogP) is 1.58. The molecule has 0 aromatic heterocycles. The van der Waals surface area contributed by atoms with E-state index in [2.05, 4.69) is 15.9 Å². The van der Waals surface area contributed by atoms with Crippen molar-refractivity contribution in [2.45, 2.75) is 5.92 Å². The van der Waals surface area contributed by atoms with Gasteiger partial charge in [-0.15, -0.1) is 0 Å². The van der Waals surface area contributed by atoms with Gasteiger partial charge in [-0.2, -0.15) is 0 Å². The average molecular weight is 271 g/mol. The fraction of sp³-hybridized carbons (Fsp3) is 0.364. The van der Waals surface area contributed by atoms with Gasteiger partial charge in [0.1, 0.15) is 0 Å². The zero-order chi connectivity index (χ0) is 11.4. The molecule has 0 radical (unpaired) electrons. The molecule has 4 heteroatoms. The highest BCUT2D eigenvalue weighted by atomic mass is 79.9. The van der Waals surface area contributed by atoms with Crippen molar-refractivity contribution in [1.82, 2.24) is 4.90 Å². The minimum atomic E-state index is -0.243. The number of benzene rings is 1.